The predicted molar refractivity (Wildman–Crippen MR) is 138 cm³/mol. The Balaban J connectivity index is 1.50. The van der Waals surface area contributed by atoms with Crippen LogP contribution in [0, 0.1) is 52.3 Å². The second-order valence-corrected chi connectivity index (χ2v) is 13.7. The molecule has 4 fully saturated rings. The summed E-state index contributed by atoms with van der Waals surface area (Å²) in [6.45, 7) is 14.7. The Morgan fingerprint density at radius 2 is 1.73 bits per heavy atom. The van der Waals surface area contributed by atoms with Crippen LogP contribution >= 0.6 is 0 Å². The van der Waals surface area contributed by atoms with E-state index in [1.54, 1.807) is 0 Å². The number of carbonyl (C=O) groups is 1. The summed E-state index contributed by atoms with van der Waals surface area (Å²) in [6, 6.07) is 0. The molecule has 0 saturated heterocycles. The van der Waals surface area contributed by atoms with Gasteiger partial charge in [0.25, 0.3) is 0 Å². The fourth-order valence-corrected chi connectivity index (χ4v) is 9.92. The molecule has 9 atom stereocenters. The summed E-state index contributed by atoms with van der Waals surface area (Å²) in [5, 5.41) is 0. The maximum absolute atomic E-state index is 12.5. The number of rotatable bonds is 8. The van der Waals surface area contributed by atoms with Crippen LogP contribution in [0.25, 0.3) is 0 Å². The summed E-state index contributed by atoms with van der Waals surface area (Å²) in [7, 11) is 0. The summed E-state index contributed by atoms with van der Waals surface area (Å²) in [6.07, 6.45) is 18.1. The fraction of sp³-hybridized carbons (Fsp3) is 0.968. The molecular formula is C31H54O2. The summed E-state index contributed by atoms with van der Waals surface area (Å²) in [5.74, 6) is 6.00. The monoisotopic (exact) mass is 458 g/mol. The first-order valence-electron chi connectivity index (χ1n) is 14.9. The first kappa shape index (κ1) is 25.6. The molecule has 0 heterocycles. The topological polar surface area (TPSA) is 26.3 Å². The van der Waals surface area contributed by atoms with E-state index in [1.807, 2.05) is 0 Å². The molecule has 0 aliphatic heterocycles. The van der Waals surface area contributed by atoms with Crippen LogP contribution in [0.5, 0.6) is 0 Å². The molecule has 33 heavy (non-hydrogen) atoms. The fourth-order valence-electron chi connectivity index (χ4n) is 9.92. The minimum Gasteiger partial charge on any atom is -0.462 e. The predicted octanol–water partition coefficient (Wildman–Crippen LogP) is 8.82. The number of ether oxygens (including phenoxy) is 1. The summed E-state index contributed by atoms with van der Waals surface area (Å²) in [4.78, 5) is 12.5. The van der Waals surface area contributed by atoms with Crippen molar-refractivity contribution in [1.29, 1.82) is 0 Å². The maximum atomic E-state index is 12.5. The van der Waals surface area contributed by atoms with Crippen molar-refractivity contribution < 1.29 is 9.53 Å². The Morgan fingerprint density at radius 3 is 2.45 bits per heavy atom. The van der Waals surface area contributed by atoms with E-state index in [-0.39, 0.29) is 17.5 Å². The first-order chi connectivity index (χ1) is 15.7. The highest BCUT2D eigenvalue weighted by Gasteiger charge is 2.62. The molecule has 0 N–H and O–H groups in total. The zero-order valence-corrected chi connectivity index (χ0v) is 22.8. The molecule has 0 spiro atoms. The molecule has 0 radical (unpaired) electrons. The van der Waals surface area contributed by atoms with Gasteiger partial charge in [0.15, 0.2) is 0 Å². The Labute approximate surface area is 205 Å². The van der Waals surface area contributed by atoms with Gasteiger partial charge >= 0.3 is 5.97 Å². The van der Waals surface area contributed by atoms with Gasteiger partial charge < -0.3 is 4.74 Å². The lowest BCUT2D eigenvalue weighted by molar-refractivity contribution is -0.192. The zero-order valence-electron chi connectivity index (χ0n) is 22.8. The van der Waals surface area contributed by atoms with Crippen molar-refractivity contribution in [3.63, 3.8) is 0 Å². The van der Waals surface area contributed by atoms with Gasteiger partial charge in [-0.25, -0.2) is 0 Å². The van der Waals surface area contributed by atoms with Gasteiger partial charge in [-0.2, -0.15) is 0 Å². The molecule has 0 aromatic heterocycles. The average molecular weight is 459 g/mol. The number of carbonyl (C=O) groups excluding carboxylic acids is 1. The van der Waals surface area contributed by atoms with Gasteiger partial charge in [-0.05, 0) is 111 Å². The van der Waals surface area contributed by atoms with Crippen molar-refractivity contribution in [2.45, 2.75) is 138 Å². The van der Waals surface area contributed by atoms with Gasteiger partial charge in [-0.3, -0.25) is 4.79 Å². The van der Waals surface area contributed by atoms with Gasteiger partial charge in [0.2, 0.25) is 0 Å². The first-order valence-corrected chi connectivity index (χ1v) is 14.9. The summed E-state index contributed by atoms with van der Waals surface area (Å²) >= 11 is 0. The second kappa shape index (κ2) is 10.2. The molecule has 2 heteroatoms. The van der Waals surface area contributed by atoms with E-state index in [9.17, 15) is 4.79 Å². The van der Waals surface area contributed by atoms with E-state index >= 15 is 0 Å². The highest BCUT2D eigenvalue weighted by Crippen LogP contribution is 2.68. The molecule has 4 aliphatic carbocycles. The SMILES string of the molecule is CCCC(=O)OC1CCCC2CC[C@@H]3[C@H](CC[C@]4(C)[C@@H]([C@H](C)CCCC(C)C)CC[C@@H]34)[C@]21C. The van der Waals surface area contributed by atoms with Crippen molar-refractivity contribution in [2.24, 2.45) is 52.3 Å². The van der Waals surface area contributed by atoms with Crippen molar-refractivity contribution in [1.82, 2.24) is 0 Å². The lowest BCUT2D eigenvalue weighted by Gasteiger charge is -2.62. The lowest BCUT2D eigenvalue weighted by atomic mass is 9.44. The number of esters is 1. The van der Waals surface area contributed by atoms with E-state index in [1.165, 1.54) is 70.6 Å². The molecule has 190 valence electrons. The molecule has 0 aromatic rings. The molecule has 2 nitrogen and oxygen atoms in total. The number of fused-ring (bicyclic) bond motifs is 5. The highest BCUT2D eigenvalue weighted by atomic mass is 16.5. The molecular weight excluding hydrogens is 404 g/mol. The van der Waals surface area contributed by atoms with Gasteiger partial charge in [0.05, 0.1) is 0 Å². The van der Waals surface area contributed by atoms with E-state index < -0.39 is 0 Å². The van der Waals surface area contributed by atoms with Crippen LogP contribution in [-0.4, -0.2) is 12.1 Å². The minimum absolute atomic E-state index is 0.0586. The van der Waals surface area contributed by atoms with Crippen LogP contribution < -0.4 is 0 Å². The van der Waals surface area contributed by atoms with Crippen molar-refractivity contribution in [2.75, 3.05) is 0 Å². The third kappa shape index (κ3) is 4.67. The van der Waals surface area contributed by atoms with Crippen LogP contribution in [0.4, 0.5) is 0 Å². The van der Waals surface area contributed by atoms with E-state index in [4.69, 9.17) is 4.74 Å². The summed E-state index contributed by atoms with van der Waals surface area (Å²) < 4.78 is 6.27. The highest BCUT2D eigenvalue weighted by molar-refractivity contribution is 5.69. The Bertz CT molecular complexity index is 670. The van der Waals surface area contributed by atoms with Gasteiger partial charge in [-0.1, -0.05) is 60.8 Å². The maximum Gasteiger partial charge on any atom is 0.306 e. The Hall–Kier alpha value is -0.530. The zero-order chi connectivity index (χ0) is 23.8. The van der Waals surface area contributed by atoms with Crippen LogP contribution in [0.15, 0.2) is 0 Å². The molecule has 4 rings (SSSR count). The number of hydrogen-bond acceptors (Lipinski definition) is 2. The third-order valence-corrected chi connectivity index (χ3v) is 11.6. The van der Waals surface area contributed by atoms with E-state index in [0.717, 1.165) is 54.3 Å². The molecule has 4 saturated carbocycles. The number of hydrogen-bond donors (Lipinski definition) is 0. The summed E-state index contributed by atoms with van der Waals surface area (Å²) in [5.41, 5.74) is 0.761. The molecule has 0 amide bonds. The van der Waals surface area contributed by atoms with Crippen molar-refractivity contribution >= 4 is 5.97 Å². The Morgan fingerprint density at radius 1 is 0.939 bits per heavy atom. The van der Waals surface area contributed by atoms with Crippen molar-refractivity contribution in [3.05, 3.63) is 0 Å². The Kier molecular flexibility index (Phi) is 7.92. The van der Waals surface area contributed by atoms with Crippen LogP contribution in [-0.2, 0) is 9.53 Å². The molecule has 2 unspecified atom stereocenters. The largest absolute Gasteiger partial charge is 0.462 e. The van der Waals surface area contributed by atoms with Crippen LogP contribution in [0.2, 0.25) is 0 Å². The van der Waals surface area contributed by atoms with Crippen LogP contribution in [0.3, 0.4) is 0 Å². The van der Waals surface area contributed by atoms with E-state index in [0.29, 0.717) is 11.8 Å². The normalized spacial score (nSPS) is 43.5. The smallest absolute Gasteiger partial charge is 0.306 e. The average Bonchev–Trinajstić information content (AvgIpc) is 3.11. The minimum atomic E-state index is 0.0586. The quantitative estimate of drug-likeness (QED) is 0.340. The molecule has 0 bridgehead atoms. The van der Waals surface area contributed by atoms with Gasteiger partial charge in [-0.15, -0.1) is 0 Å². The molecule has 0 aromatic carbocycles. The third-order valence-electron chi connectivity index (χ3n) is 11.6. The lowest BCUT2D eigenvalue weighted by Crippen LogP contribution is -2.58. The standard InChI is InChI=1S/C31H54O2/c1-7-10-29(32)33-28-14-9-13-23-15-16-24-26-18-17-25(22(4)12-8-11-21(2)3)30(26,5)20-19-27(24)31(23,28)6/h21-28H,7-20H2,1-6H3/t22-,23?,24+,25-,26+,27+,28?,30-,31+/m1/s1. The molecule has 4 aliphatic rings. The van der Waals surface area contributed by atoms with Crippen molar-refractivity contribution in [3.8, 4) is 0 Å². The van der Waals surface area contributed by atoms with Crippen LogP contribution in [0.1, 0.15) is 131 Å². The second-order valence-electron chi connectivity index (χ2n) is 13.7. The van der Waals surface area contributed by atoms with E-state index in [2.05, 4.69) is 41.5 Å². The van der Waals surface area contributed by atoms with Gasteiger partial charge in [0.1, 0.15) is 6.10 Å². The van der Waals surface area contributed by atoms with Gasteiger partial charge in [0, 0.05) is 11.8 Å².